The first-order valence-corrected chi connectivity index (χ1v) is 6.81. The van der Waals surface area contributed by atoms with Gasteiger partial charge >= 0.3 is 6.18 Å². The second-order valence-electron chi connectivity index (χ2n) is 5.08. The Balaban J connectivity index is 2.32. The number of amides is 1. The lowest BCUT2D eigenvalue weighted by Gasteiger charge is -2.10. The van der Waals surface area contributed by atoms with Crippen molar-refractivity contribution in [2.75, 3.05) is 5.32 Å². The highest BCUT2D eigenvalue weighted by molar-refractivity contribution is 6.04. The zero-order valence-electron chi connectivity index (χ0n) is 12.7. The highest BCUT2D eigenvalue weighted by atomic mass is 19.4. The average molecular weight is 349 g/mol. The number of nitro groups is 1. The van der Waals surface area contributed by atoms with Gasteiger partial charge in [0.15, 0.2) is 0 Å². The van der Waals surface area contributed by atoms with Gasteiger partial charge in [0.1, 0.15) is 0 Å². The molecule has 0 bridgehead atoms. The van der Waals surface area contributed by atoms with Crippen molar-refractivity contribution in [3.05, 3.63) is 68.8 Å². The van der Waals surface area contributed by atoms with E-state index in [1.165, 1.54) is 25.1 Å². The topological polar surface area (TPSA) is 96.0 Å². The average Bonchev–Trinajstić information content (AvgIpc) is 2.54. The summed E-state index contributed by atoms with van der Waals surface area (Å²) in [6.45, 7) is 1.53. The first-order valence-electron chi connectivity index (χ1n) is 6.81. The van der Waals surface area contributed by atoms with Crippen molar-refractivity contribution in [2.45, 2.75) is 13.1 Å². The Bertz CT molecular complexity index is 902. The second-order valence-corrected chi connectivity index (χ2v) is 5.08. The third-order valence-corrected chi connectivity index (χ3v) is 3.37. The number of anilines is 1. The van der Waals surface area contributed by atoms with Gasteiger partial charge in [0.05, 0.1) is 22.1 Å². The first-order chi connectivity index (χ1) is 11.6. The van der Waals surface area contributed by atoms with Gasteiger partial charge in [-0.25, -0.2) is 0 Å². The van der Waals surface area contributed by atoms with Gasteiger partial charge in [0.25, 0.3) is 11.6 Å². The summed E-state index contributed by atoms with van der Waals surface area (Å²) in [5.41, 5.74) is -1.70. The fraction of sp³-hybridized carbons (Fsp3) is 0.125. The number of alkyl halides is 3. The molecule has 0 atom stereocenters. The Morgan fingerprint density at radius 1 is 1.24 bits per heavy atom. The first kappa shape index (κ1) is 17.9. The highest BCUT2D eigenvalue weighted by Crippen LogP contribution is 2.32. The molecule has 0 saturated heterocycles. The molecule has 2 aromatic rings. The maximum atomic E-state index is 12.8. The van der Waals surface area contributed by atoms with E-state index in [0.717, 1.165) is 18.2 Å². The highest BCUT2D eigenvalue weighted by Gasteiger charge is 2.33. The van der Waals surface area contributed by atoms with Crippen molar-refractivity contribution in [3.8, 4) is 6.07 Å². The Hall–Kier alpha value is -3.41. The number of rotatable bonds is 3. The van der Waals surface area contributed by atoms with Crippen LogP contribution in [0.5, 0.6) is 0 Å². The lowest BCUT2D eigenvalue weighted by molar-refractivity contribution is -0.385. The van der Waals surface area contributed by atoms with E-state index >= 15 is 0 Å². The summed E-state index contributed by atoms with van der Waals surface area (Å²) in [6.07, 6.45) is -4.71. The number of aryl methyl sites for hydroxylation is 1. The van der Waals surface area contributed by atoms with E-state index in [1.807, 2.05) is 0 Å². The normalized spacial score (nSPS) is 10.8. The van der Waals surface area contributed by atoms with Crippen LogP contribution in [0.3, 0.4) is 0 Å². The number of nitro benzene ring substituents is 1. The lowest BCUT2D eigenvalue weighted by Crippen LogP contribution is -2.14. The molecule has 0 radical (unpaired) electrons. The Labute approximate surface area is 139 Å². The Morgan fingerprint density at radius 3 is 2.48 bits per heavy atom. The Kier molecular flexibility index (Phi) is 4.74. The molecule has 1 N–H and O–H groups in total. The number of nitrogens with one attached hydrogen (secondary N) is 1. The SMILES string of the molecule is Cc1ccc(NC(=O)c2ccc(C(F)(F)F)c(C#N)c2)cc1[N+](=O)[O-]. The van der Waals surface area contributed by atoms with Crippen LogP contribution >= 0.6 is 0 Å². The molecule has 25 heavy (non-hydrogen) atoms. The lowest BCUT2D eigenvalue weighted by atomic mass is 10.0. The summed E-state index contributed by atoms with van der Waals surface area (Å²) in [5.74, 6) is -0.789. The second kappa shape index (κ2) is 6.60. The van der Waals surface area contributed by atoms with Crippen LogP contribution in [0.15, 0.2) is 36.4 Å². The van der Waals surface area contributed by atoms with E-state index in [4.69, 9.17) is 5.26 Å². The minimum Gasteiger partial charge on any atom is -0.322 e. The fourth-order valence-electron chi connectivity index (χ4n) is 2.11. The predicted octanol–water partition coefficient (Wildman–Crippen LogP) is 4.05. The molecular weight excluding hydrogens is 339 g/mol. The van der Waals surface area contributed by atoms with Gasteiger partial charge in [-0.3, -0.25) is 14.9 Å². The number of halogens is 3. The van der Waals surface area contributed by atoms with Gasteiger partial charge in [-0.05, 0) is 31.2 Å². The zero-order chi connectivity index (χ0) is 18.8. The van der Waals surface area contributed by atoms with Crippen LogP contribution in [0.25, 0.3) is 0 Å². The van der Waals surface area contributed by atoms with E-state index in [2.05, 4.69) is 5.32 Å². The van der Waals surface area contributed by atoms with Crippen molar-refractivity contribution < 1.29 is 22.9 Å². The molecule has 0 spiro atoms. The number of nitriles is 1. The standard InChI is InChI=1S/C16H10F3N3O3/c1-9-2-4-12(7-14(9)22(24)25)21-15(23)10-3-5-13(16(17,18)19)11(6-10)8-20/h2-7H,1H3,(H,21,23). The fourth-order valence-corrected chi connectivity index (χ4v) is 2.11. The number of carbonyl (C=O) groups is 1. The van der Waals surface area contributed by atoms with E-state index in [0.29, 0.717) is 11.6 Å². The van der Waals surface area contributed by atoms with E-state index in [-0.39, 0.29) is 16.9 Å². The van der Waals surface area contributed by atoms with Crippen LogP contribution in [0.1, 0.15) is 27.0 Å². The van der Waals surface area contributed by atoms with Crippen LogP contribution in [0.4, 0.5) is 24.5 Å². The molecule has 9 heteroatoms. The van der Waals surface area contributed by atoms with Gasteiger partial charge < -0.3 is 5.32 Å². The maximum absolute atomic E-state index is 12.8. The predicted molar refractivity (Wildman–Crippen MR) is 81.9 cm³/mol. The molecule has 128 valence electrons. The molecule has 0 aliphatic rings. The number of nitrogens with zero attached hydrogens (tertiary/aromatic N) is 2. The summed E-state index contributed by atoms with van der Waals surface area (Å²) < 4.78 is 38.3. The number of benzene rings is 2. The van der Waals surface area contributed by atoms with Crippen molar-refractivity contribution in [1.29, 1.82) is 5.26 Å². The number of carbonyl (C=O) groups excluding carboxylic acids is 1. The van der Waals surface area contributed by atoms with Crippen molar-refractivity contribution in [1.82, 2.24) is 0 Å². The molecule has 2 aromatic carbocycles. The van der Waals surface area contributed by atoms with Crippen LogP contribution < -0.4 is 5.32 Å². The monoisotopic (exact) mass is 349 g/mol. The minimum atomic E-state index is -4.71. The number of hydrogen-bond donors (Lipinski definition) is 1. The molecule has 0 aliphatic carbocycles. The largest absolute Gasteiger partial charge is 0.417 e. The van der Waals surface area contributed by atoms with Gasteiger partial charge in [-0.15, -0.1) is 0 Å². The molecule has 0 unspecified atom stereocenters. The van der Waals surface area contributed by atoms with Gasteiger partial charge in [-0.1, -0.05) is 6.07 Å². The maximum Gasteiger partial charge on any atom is 0.417 e. The van der Waals surface area contributed by atoms with Crippen molar-refractivity contribution in [2.24, 2.45) is 0 Å². The van der Waals surface area contributed by atoms with Crippen LogP contribution in [-0.4, -0.2) is 10.8 Å². The summed E-state index contributed by atoms with van der Waals surface area (Å²) >= 11 is 0. The smallest absolute Gasteiger partial charge is 0.322 e. The van der Waals surface area contributed by atoms with Gasteiger partial charge in [0.2, 0.25) is 0 Å². The molecule has 0 aliphatic heterocycles. The van der Waals surface area contributed by atoms with Crippen LogP contribution in [0.2, 0.25) is 0 Å². The van der Waals surface area contributed by atoms with Crippen LogP contribution in [-0.2, 0) is 6.18 Å². The van der Waals surface area contributed by atoms with Crippen molar-refractivity contribution >= 4 is 17.3 Å². The van der Waals surface area contributed by atoms with Crippen molar-refractivity contribution in [3.63, 3.8) is 0 Å². The third kappa shape index (κ3) is 3.92. The molecule has 1 amide bonds. The molecule has 6 nitrogen and oxygen atoms in total. The van der Waals surface area contributed by atoms with Gasteiger partial charge in [0, 0.05) is 22.9 Å². The quantitative estimate of drug-likeness (QED) is 0.668. The molecule has 0 heterocycles. The molecular formula is C16H10F3N3O3. The Morgan fingerprint density at radius 2 is 1.92 bits per heavy atom. The van der Waals surface area contributed by atoms with E-state index < -0.39 is 28.1 Å². The molecule has 0 aromatic heterocycles. The third-order valence-electron chi connectivity index (χ3n) is 3.37. The van der Waals surface area contributed by atoms with Gasteiger partial charge in [-0.2, -0.15) is 18.4 Å². The zero-order valence-corrected chi connectivity index (χ0v) is 12.7. The number of hydrogen-bond acceptors (Lipinski definition) is 4. The molecule has 0 saturated carbocycles. The summed E-state index contributed by atoms with van der Waals surface area (Å²) in [4.78, 5) is 22.4. The summed E-state index contributed by atoms with van der Waals surface area (Å²) in [6, 6.07) is 7.80. The minimum absolute atomic E-state index is 0.112. The molecule has 0 fully saturated rings. The molecule has 2 rings (SSSR count). The van der Waals surface area contributed by atoms with Crippen LogP contribution in [0, 0.1) is 28.4 Å². The summed E-state index contributed by atoms with van der Waals surface area (Å²) in [7, 11) is 0. The van der Waals surface area contributed by atoms with E-state index in [9.17, 15) is 28.1 Å². The summed E-state index contributed by atoms with van der Waals surface area (Å²) in [5, 5.41) is 22.1. The van der Waals surface area contributed by atoms with E-state index in [1.54, 1.807) is 0 Å².